The van der Waals surface area contributed by atoms with Crippen molar-refractivity contribution < 1.29 is 14.7 Å². The molecule has 2 aromatic rings. The summed E-state index contributed by atoms with van der Waals surface area (Å²) in [7, 11) is 0. The summed E-state index contributed by atoms with van der Waals surface area (Å²) < 4.78 is 1.67. The summed E-state index contributed by atoms with van der Waals surface area (Å²) in [6, 6.07) is 6.90. The lowest BCUT2D eigenvalue weighted by molar-refractivity contribution is -0.121. The van der Waals surface area contributed by atoms with Gasteiger partial charge in [-0.2, -0.15) is 0 Å². The number of aromatic nitrogens is 1. The van der Waals surface area contributed by atoms with Crippen LogP contribution in [-0.2, 0) is 11.3 Å². The van der Waals surface area contributed by atoms with E-state index in [1.807, 2.05) is 19.1 Å². The third-order valence-corrected chi connectivity index (χ3v) is 2.91. The molecule has 0 spiro atoms. The number of carbonyl (C=O) groups excluding carboxylic acids is 1. The van der Waals surface area contributed by atoms with Crippen molar-refractivity contribution in [1.82, 2.24) is 9.88 Å². The first-order valence-electron chi connectivity index (χ1n) is 6.21. The number of hydrogen-bond donors (Lipinski definition) is 2. The normalized spacial score (nSPS) is 10.6. The second-order valence-electron chi connectivity index (χ2n) is 4.34. The van der Waals surface area contributed by atoms with Gasteiger partial charge in [0.25, 0.3) is 0 Å². The molecule has 2 N–H and O–H groups in total. The highest BCUT2D eigenvalue weighted by molar-refractivity contribution is 6.02. The first-order chi connectivity index (χ1) is 9.13. The van der Waals surface area contributed by atoms with Crippen molar-refractivity contribution >= 4 is 22.8 Å². The van der Waals surface area contributed by atoms with Gasteiger partial charge in [0.05, 0.1) is 11.1 Å². The van der Waals surface area contributed by atoms with Crippen LogP contribution >= 0.6 is 0 Å². The molecule has 1 aromatic heterocycles. The van der Waals surface area contributed by atoms with Crippen LogP contribution in [0.5, 0.6) is 0 Å². The van der Waals surface area contributed by atoms with Gasteiger partial charge in [-0.1, -0.05) is 19.1 Å². The Morgan fingerprint density at radius 2 is 2.11 bits per heavy atom. The molecule has 0 saturated carbocycles. The third-order valence-electron chi connectivity index (χ3n) is 2.91. The Morgan fingerprint density at radius 3 is 2.79 bits per heavy atom. The highest BCUT2D eigenvalue weighted by Crippen LogP contribution is 2.20. The molecule has 0 aliphatic heterocycles. The molecule has 0 aliphatic rings. The maximum absolute atomic E-state index is 11.7. The molecule has 1 aromatic carbocycles. The minimum Gasteiger partial charge on any atom is -0.478 e. The molecule has 0 bridgehead atoms. The summed E-state index contributed by atoms with van der Waals surface area (Å²) in [5.74, 6) is -1.10. The van der Waals surface area contributed by atoms with Gasteiger partial charge in [-0.25, -0.2) is 4.79 Å². The number of carboxylic acids is 1. The van der Waals surface area contributed by atoms with Gasteiger partial charge in [-0.15, -0.1) is 0 Å². The van der Waals surface area contributed by atoms with Crippen LogP contribution in [0.3, 0.4) is 0 Å². The summed E-state index contributed by atoms with van der Waals surface area (Å²) in [5, 5.41) is 12.8. The Bertz CT molecular complexity index is 616. The van der Waals surface area contributed by atoms with Crippen molar-refractivity contribution in [2.24, 2.45) is 0 Å². The zero-order chi connectivity index (χ0) is 13.8. The molecule has 0 fully saturated rings. The van der Waals surface area contributed by atoms with Gasteiger partial charge < -0.3 is 15.0 Å². The van der Waals surface area contributed by atoms with E-state index in [1.54, 1.807) is 22.9 Å². The fourth-order valence-corrected chi connectivity index (χ4v) is 2.04. The lowest BCUT2D eigenvalue weighted by Crippen LogP contribution is -2.28. The van der Waals surface area contributed by atoms with Gasteiger partial charge in [-0.05, 0) is 18.6 Å². The summed E-state index contributed by atoms with van der Waals surface area (Å²) >= 11 is 0. The second-order valence-corrected chi connectivity index (χ2v) is 4.34. The van der Waals surface area contributed by atoms with Crippen LogP contribution in [0.2, 0.25) is 0 Å². The van der Waals surface area contributed by atoms with Crippen LogP contribution in [-0.4, -0.2) is 28.1 Å². The predicted octanol–water partition coefficient (Wildman–Crippen LogP) is 1.87. The molecule has 100 valence electrons. The van der Waals surface area contributed by atoms with E-state index in [4.69, 9.17) is 0 Å². The van der Waals surface area contributed by atoms with E-state index in [9.17, 15) is 14.7 Å². The van der Waals surface area contributed by atoms with E-state index in [0.29, 0.717) is 12.1 Å². The average molecular weight is 260 g/mol. The lowest BCUT2D eigenvalue weighted by atomic mass is 10.1. The number of nitrogens with zero attached hydrogens (tertiary/aromatic N) is 1. The van der Waals surface area contributed by atoms with Crippen molar-refractivity contribution in [2.75, 3.05) is 6.54 Å². The largest absolute Gasteiger partial charge is 0.478 e. The minimum atomic E-state index is -0.987. The number of amides is 1. The number of rotatable bonds is 5. The summed E-state index contributed by atoms with van der Waals surface area (Å²) in [5.41, 5.74) is 0.799. The highest BCUT2D eigenvalue weighted by atomic mass is 16.4. The molecular weight excluding hydrogens is 244 g/mol. The van der Waals surface area contributed by atoms with Crippen molar-refractivity contribution in [3.63, 3.8) is 0 Å². The number of para-hydroxylation sites is 1. The summed E-state index contributed by atoms with van der Waals surface area (Å²) in [6.45, 7) is 2.74. The van der Waals surface area contributed by atoms with Gasteiger partial charge in [-0.3, -0.25) is 4.79 Å². The van der Waals surface area contributed by atoms with Crippen molar-refractivity contribution in [1.29, 1.82) is 0 Å². The number of carboxylic acid groups (broad SMARTS) is 1. The number of aromatic carboxylic acids is 1. The Balaban J connectivity index is 2.33. The fourth-order valence-electron chi connectivity index (χ4n) is 2.04. The van der Waals surface area contributed by atoms with Crippen LogP contribution in [0.15, 0.2) is 30.5 Å². The molecule has 0 unspecified atom stereocenters. The predicted molar refractivity (Wildman–Crippen MR) is 72.2 cm³/mol. The van der Waals surface area contributed by atoms with E-state index >= 15 is 0 Å². The van der Waals surface area contributed by atoms with Crippen LogP contribution in [0.1, 0.15) is 23.7 Å². The quantitative estimate of drug-likeness (QED) is 0.862. The van der Waals surface area contributed by atoms with Crippen LogP contribution in [0, 0.1) is 0 Å². The van der Waals surface area contributed by atoms with Crippen LogP contribution in [0.4, 0.5) is 0 Å². The molecule has 0 atom stereocenters. The van der Waals surface area contributed by atoms with Gasteiger partial charge >= 0.3 is 5.97 Å². The monoisotopic (exact) mass is 260 g/mol. The highest BCUT2D eigenvalue weighted by Gasteiger charge is 2.13. The number of fused-ring (bicyclic) bond motifs is 1. The molecule has 5 heteroatoms. The molecule has 19 heavy (non-hydrogen) atoms. The third kappa shape index (κ3) is 2.76. The van der Waals surface area contributed by atoms with E-state index in [-0.39, 0.29) is 18.0 Å². The Labute approximate surface area is 110 Å². The zero-order valence-electron chi connectivity index (χ0n) is 10.7. The van der Waals surface area contributed by atoms with Crippen molar-refractivity contribution in [3.05, 3.63) is 36.0 Å². The number of hydrogen-bond acceptors (Lipinski definition) is 2. The van der Waals surface area contributed by atoms with Gasteiger partial charge in [0, 0.05) is 18.1 Å². The Morgan fingerprint density at radius 1 is 1.32 bits per heavy atom. The maximum Gasteiger partial charge on any atom is 0.337 e. The van der Waals surface area contributed by atoms with E-state index < -0.39 is 5.97 Å². The smallest absolute Gasteiger partial charge is 0.337 e. The molecule has 0 saturated heterocycles. The van der Waals surface area contributed by atoms with Gasteiger partial charge in [0.1, 0.15) is 6.54 Å². The van der Waals surface area contributed by atoms with Gasteiger partial charge in [0.2, 0.25) is 5.91 Å². The number of benzene rings is 1. The molecule has 1 heterocycles. The van der Waals surface area contributed by atoms with Crippen LogP contribution < -0.4 is 5.32 Å². The van der Waals surface area contributed by atoms with E-state index in [0.717, 1.165) is 11.8 Å². The molecule has 1 amide bonds. The van der Waals surface area contributed by atoms with Gasteiger partial charge in [0.15, 0.2) is 0 Å². The zero-order valence-corrected chi connectivity index (χ0v) is 10.7. The standard InChI is InChI=1S/C14H16N2O3/c1-2-7-15-12(17)9-16-8-6-10-4-3-5-11(13(10)16)14(18)19/h3-6,8H,2,7,9H2,1H3,(H,15,17)(H,18,19). The maximum atomic E-state index is 11.7. The molecule has 2 rings (SSSR count). The average Bonchev–Trinajstić information content (AvgIpc) is 2.79. The lowest BCUT2D eigenvalue weighted by Gasteiger charge is -2.08. The first kappa shape index (κ1) is 13.1. The topological polar surface area (TPSA) is 71.3 Å². The Hall–Kier alpha value is -2.30. The second kappa shape index (κ2) is 5.56. The number of carbonyl (C=O) groups is 2. The SMILES string of the molecule is CCCNC(=O)Cn1ccc2cccc(C(=O)O)c21. The molecular formula is C14H16N2O3. The van der Waals surface area contributed by atoms with Crippen LogP contribution in [0.25, 0.3) is 10.9 Å². The first-order valence-corrected chi connectivity index (χ1v) is 6.21. The molecule has 0 aliphatic carbocycles. The van der Waals surface area contributed by atoms with E-state index in [1.165, 1.54) is 0 Å². The summed E-state index contributed by atoms with van der Waals surface area (Å²) in [4.78, 5) is 22.9. The van der Waals surface area contributed by atoms with Crippen molar-refractivity contribution in [3.8, 4) is 0 Å². The molecule has 5 nitrogen and oxygen atoms in total. The van der Waals surface area contributed by atoms with E-state index in [2.05, 4.69) is 5.32 Å². The Kier molecular flexibility index (Phi) is 3.85. The fraction of sp³-hybridized carbons (Fsp3) is 0.286. The number of nitrogens with one attached hydrogen (secondary N) is 1. The summed E-state index contributed by atoms with van der Waals surface area (Å²) in [6.07, 6.45) is 2.61. The van der Waals surface area contributed by atoms with Crippen molar-refractivity contribution in [2.45, 2.75) is 19.9 Å². The minimum absolute atomic E-state index is 0.112. The molecule has 0 radical (unpaired) electrons.